The fourth-order valence-corrected chi connectivity index (χ4v) is 4.18. The highest BCUT2D eigenvalue weighted by Gasteiger charge is 2.46. The van der Waals surface area contributed by atoms with E-state index in [4.69, 9.17) is 11.6 Å². The summed E-state index contributed by atoms with van der Waals surface area (Å²) in [6.07, 6.45) is 0. The van der Waals surface area contributed by atoms with Gasteiger partial charge in [-0.15, -0.1) is 0 Å². The molecule has 3 nitrogen and oxygen atoms in total. The van der Waals surface area contributed by atoms with E-state index < -0.39 is 5.92 Å². The molecule has 0 radical (unpaired) electrons. The van der Waals surface area contributed by atoms with Crippen molar-refractivity contribution in [3.63, 3.8) is 0 Å². The van der Waals surface area contributed by atoms with Gasteiger partial charge in [-0.2, -0.15) is 0 Å². The lowest BCUT2D eigenvalue weighted by atomic mass is 9.93. The van der Waals surface area contributed by atoms with E-state index in [0.29, 0.717) is 16.3 Å². The van der Waals surface area contributed by atoms with Gasteiger partial charge in [0.05, 0.1) is 16.9 Å². The molecule has 5 heteroatoms. The molecule has 2 atom stereocenters. The van der Waals surface area contributed by atoms with Crippen LogP contribution >= 0.6 is 23.4 Å². The predicted molar refractivity (Wildman–Crippen MR) is 88.0 cm³/mol. The first kappa shape index (κ1) is 13.7. The van der Waals surface area contributed by atoms with Gasteiger partial charge in [0, 0.05) is 16.1 Å². The van der Waals surface area contributed by atoms with Crippen molar-refractivity contribution in [3.8, 4) is 0 Å². The van der Waals surface area contributed by atoms with Crippen LogP contribution in [0.2, 0.25) is 5.02 Å². The zero-order valence-corrected chi connectivity index (χ0v) is 12.9. The highest BCUT2D eigenvalue weighted by atomic mass is 35.5. The lowest BCUT2D eigenvalue weighted by Gasteiger charge is -2.25. The van der Waals surface area contributed by atoms with Gasteiger partial charge in [-0.05, 0) is 17.7 Å². The Morgan fingerprint density at radius 1 is 0.955 bits per heavy atom. The third-order valence-corrected chi connectivity index (χ3v) is 5.33. The summed E-state index contributed by atoms with van der Waals surface area (Å²) >= 11 is 7.03. The van der Waals surface area contributed by atoms with E-state index in [1.165, 1.54) is 0 Å². The summed E-state index contributed by atoms with van der Waals surface area (Å²) < 4.78 is 0. The summed E-state index contributed by atoms with van der Waals surface area (Å²) in [4.78, 5) is 28.9. The highest BCUT2D eigenvalue weighted by Crippen LogP contribution is 2.47. The number of rotatable bonds is 1. The van der Waals surface area contributed by atoms with Crippen molar-refractivity contribution in [2.45, 2.75) is 5.25 Å². The first-order valence-corrected chi connectivity index (χ1v) is 8.09. The minimum absolute atomic E-state index is 0.0364. The number of benzene rings is 2. The Labute approximate surface area is 136 Å². The van der Waals surface area contributed by atoms with Crippen LogP contribution in [-0.2, 0) is 0 Å². The average molecular weight is 328 g/mol. The van der Waals surface area contributed by atoms with Crippen molar-refractivity contribution in [2.24, 2.45) is 10.9 Å². The number of aliphatic imine (C=N–C) groups is 1. The van der Waals surface area contributed by atoms with Crippen molar-refractivity contribution in [2.75, 3.05) is 0 Å². The zero-order chi connectivity index (χ0) is 15.3. The van der Waals surface area contributed by atoms with Crippen LogP contribution in [0.1, 0.15) is 26.7 Å². The second kappa shape index (κ2) is 5.07. The molecule has 22 heavy (non-hydrogen) atoms. The van der Waals surface area contributed by atoms with E-state index in [1.807, 2.05) is 30.3 Å². The SMILES string of the molecule is O=C1N=C2c3ccccc3C(=O)C2C(c2ccc(Cl)cc2)S1. The van der Waals surface area contributed by atoms with Crippen molar-refractivity contribution >= 4 is 40.1 Å². The Balaban J connectivity index is 1.85. The van der Waals surface area contributed by atoms with Gasteiger partial charge in [-0.25, -0.2) is 4.99 Å². The molecule has 1 aliphatic heterocycles. The Morgan fingerprint density at radius 3 is 2.36 bits per heavy atom. The fourth-order valence-electron chi connectivity index (χ4n) is 3.01. The molecule has 2 unspecified atom stereocenters. The fraction of sp³-hybridized carbons (Fsp3) is 0.118. The molecule has 1 aliphatic carbocycles. The molecule has 0 bridgehead atoms. The number of Topliss-reactive ketones (excluding diaryl/α,β-unsaturated/α-hetero) is 1. The molecule has 0 saturated heterocycles. The molecule has 1 amide bonds. The molecule has 2 aromatic carbocycles. The van der Waals surface area contributed by atoms with Gasteiger partial charge in [0.25, 0.3) is 0 Å². The Bertz CT molecular complexity index is 829. The molecule has 2 aliphatic rings. The van der Waals surface area contributed by atoms with Gasteiger partial charge < -0.3 is 0 Å². The predicted octanol–water partition coefficient (Wildman–Crippen LogP) is 4.55. The van der Waals surface area contributed by atoms with Gasteiger partial charge in [0.2, 0.25) is 0 Å². The van der Waals surface area contributed by atoms with Gasteiger partial charge >= 0.3 is 5.24 Å². The van der Waals surface area contributed by atoms with Crippen LogP contribution in [0.3, 0.4) is 0 Å². The van der Waals surface area contributed by atoms with Crippen molar-refractivity contribution in [1.82, 2.24) is 0 Å². The quantitative estimate of drug-likeness (QED) is 0.772. The minimum Gasteiger partial charge on any atom is -0.293 e. The Kier molecular flexibility index (Phi) is 3.17. The molecule has 1 heterocycles. The van der Waals surface area contributed by atoms with Gasteiger partial charge in [0.1, 0.15) is 0 Å². The van der Waals surface area contributed by atoms with Crippen molar-refractivity contribution in [1.29, 1.82) is 0 Å². The normalized spacial score (nSPS) is 23.0. The van der Waals surface area contributed by atoms with Crippen molar-refractivity contribution in [3.05, 3.63) is 70.2 Å². The molecule has 0 fully saturated rings. The van der Waals surface area contributed by atoms with Crippen LogP contribution in [-0.4, -0.2) is 16.7 Å². The minimum atomic E-state index is -0.402. The maximum absolute atomic E-state index is 12.8. The number of fused-ring (bicyclic) bond motifs is 3. The van der Waals surface area contributed by atoms with E-state index >= 15 is 0 Å². The Morgan fingerprint density at radius 2 is 1.64 bits per heavy atom. The lowest BCUT2D eigenvalue weighted by Crippen LogP contribution is -2.27. The molecule has 4 rings (SSSR count). The first-order valence-electron chi connectivity index (χ1n) is 6.83. The standard InChI is InChI=1S/C17H10ClNO2S/c18-10-7-5-9(6-8-10)16-13-14(19-17(21)22-16)11-3-1-2-4-12(11)15(13)20/h1-8,13,16H. The van der Waals surface area contributed by atoms with Crippen LogP contribution in [0.15, 0.2) is 53.5 Å². The zero-order valence-electron chi connectivity index (χ0n) is 11.3. The third kappa shape index (κ3) is 2.02. The molecular formula is C17H10ClNO2S. The monoisotopic (exact) mass is 327 g/mol. The molecule has 0 N–H and O–H groups in total. The number of thioether (sulfide) groups is 1. The molecule has 0 aromatic heterocycles. The number of hydrogen-bond donors (Lipinski definition) is 0. The van der Waals surface area contributed by atoms with Crippen LogP contribution in [0.25, 0.3) is 0 Å². The number of hydrogen-bond acceptors (Lipinski definition) is 3. The molecular weight excluding hydrogens is 318 g/mol. The third-order valence-electron chi connectivity index (χ3n) is 3.99. The summed E-state index contributed by atoms with van der Waals surface area (Å²) in [7, 11) is 0. The van der Waals surface area contributed by atoms with Crippen LogP contribution in [0.4, 0.5) is 4.79 Å². The van der Waals surface area contributed by atoms with Crippen molar-refractivity contribution < 1.29 is 9.59 Å². The number of nitrogens with zero attached hydrogens (tertiary/aromatic N) is 1. The van der Waals surface area contributed by atoms with E-state index in [-0.39, 0.29) is 16.3 Å². The largest absolute Gasteiger partial charge is 0.305 e. The topological polar surface area (TPSA) is 46.5 Å². The van der Waals surface area contributed by atoms with Crippen LogP contribution in [0.5, 0.6) is 0 Å². The van der Waals surface area contributed by atoms with E-state index in [2.05, 4.69) is 4.99 Å². The molecule has 0 spiro atoms. The van der Waals surface area contributed by atoms with Gasteiger partial charge in [0.15, 0.2) is 5.78 Å². The van der Waals surface area contributed by atoms with E-state index in [9.17, 15) is 9.59 Å². The maximum atomic E-state index is 12.8. The van der Waals surface area contributed by atoms with Gasteiger partial charge in [-0.3, -0.25) is 9.59 Å². The van der Waals surface area contributed by atoms with E-state index in [1.54, 1.807) is 18.2 Å². The van der Waals surface area contributed by atoms with Gasteiger partial charge in [-0.1, -0.05) is 59.8 Å². The lowest BCUT2D eigenvalue weighted by molar-refractivity contribution is 0.0960. The number of carbonyl (C=O) groups is 2. The second-order valence-electron chi connectivity index (χ2n) is 5.24. The summed E-state index contributed by atoms with van der Waals surface area (Å²) in [6.45, 7) is 0. The molecule has 108 valence electrons. The summed E-state index contributed by atoms with van der Waals surface area (Å²) in [5.74, 6) is -0.365. The first-order chi connectivity index (χ1) is 10.6. The maximum Gasteiger partial charge on any atom is 0.305 e. The Hall–Kier alpha value is -1.91. The number of carbonyl (C=O) groups excluding carboxylic acids is 2. The summed E-state index contributed by atoms with van der Waals surface area (Å²) in [6, 6.07) is 14.6. The van der Waals surface area contributed by atoms with E-state index in [0.717, 1.165) is 22.9 Å². The number of amides is 1. The highest BCUT2D eigenvalue weighted by molar-refractivity contribution is 8.14. The summed E-state index contributed by atoms with van der Waals surface area (Å²) in [5, 5.41) is 0.124. The summed E-state index contributed by atoms with van der Waals surface area (Å²) in [5.41, 5.74) is 2.95. The second-order valence-corrected chi connectivity index (χ2v) is 6.77. The number of ketones is 1. The molecule has 0 saturated carbocycles. The van der Waals surface area contributed by atoms with Crippen LogP contribution in [0, 0.1) is 5.92 Å². The average Bonchev–Trinajstić information content (AvgIpc) is 2.81. The smallest absolute Gasteiger partial charge is 0.293 e. The molecule has 2 aromatic rings. The number of halogens is 1. The van der Waals surface area contributed by atoms with Crippen LogP contribution < -0.4 is 0 Å².